The topological polar surface area (TPSA) is 44.5 Å². The highest BCUT2D eigenvalue weighted by atomic mass is 19.1. The molecule has 1 aromatic carbocycles. The average Bonchev–Trinajstić information content (AvgIpc) is 2.28. The van der Waals surface area contributed by atoms with Crippen LogP contribution in [0.2, 0.25) is 0 Å². The molecule has 1 saturated carbocycles. The van der Waals surface area contributed by atoms with Crippen molar-refractivity contribution in [1.29, 1.82) is 0 Å². The molecular formula is C13H18FNO2. The highest BCUT2D eigenvalue weighted by Crippen LogP contribution is 2.43. The summed E-state index contributed by atoms with van der Waals surface area (Å²) in [6.07, 6.45) is 2.97. The van der Waals surface area contributed by atoms with Crippen LogP contribution in [0.1, 0.15) is 30.9 Å². The fourth-order valence-corrected chi connectivity index (χ4v) is 2.35. The molecule has 0 aliphatic heterocycles. The van der Waals surface area contributed by atoms with Gasteiger partial charge in [-0.3, -0.25) is 0 Å². The van der Waals surface area contributed by atoms with Crippen LogP contribution in [0.4, 0.5) is 4.39 Å². The normalized spacial score (nSPS) is 19.5. The van der Waals surface area contributed by atoms with E-state index in [9.17, 15) is 4.39 Å². The Morgan fingerprint density at radius 2 is 2.06 bits per heavy atom. The first-order valence-electron chi connectivity index (χ1n) is 5.77. The molecule has 4 heteroatoms. The Kier molecular flexibility index (Phi) is 3.35. The molecular weight excluding hydrogens is 221 g/mol. The van der Waals surface area contributed by atoms with E-state index in [2.05, 4.69) is 0 Å². The first kappa shape index (κ1) is 12.3. The Morgan fingerprint density at radius 1 is 1.35 bits per heavy atom. The highest BCUT2D eigenvalue weighted by Gasteiger charge is 2.43. The first-order valence-corrected chi connectivity index (χ1v) is 5.77. The van der Waals surface area contributed by atoms with E-state index in [0.29, 0.717) is 0 Å². The van der Waals surface area contributed by atoms with Crippen molar-refractivity contribution in [3.63, 3.8) is 0 Å². The van der Waals surface area contributed by atoms with Crippen LogP contribution in [0.3, 0.4) is 0 Å². The second-order valence-electron chi connectivity index (χ2n) is 4.49. The summed E-state index contributed by atoms with van der Waals surface area (Å²) in [6.45, 7) is 0. The van der Waals surface area contributed by atoms with Crippen LogP contribution in [0.15, 0.2) is 18.2 Å². The van der Waals surface area contributed by atoms with Gasteiger partial charge in [-0.2, -0.15) is 0 Å². The van der Waals surface area contributed by atoms with E-state index >= 15 is 0 Å². The van der Waals surface area contributed by atoms with Crippen LogP contribution in [0, 0.1) is 5.82 Å². The fraction of sp³-hybridized carbons (Fsp3) is 0.538. The summed E-state index contributed by atoms with van der Waals surface area (Å²) < 4.78 is 24.0. The molecule has 17 heavy (non-hydrogen) atoms. The predicted octanol–water partition coefficient (Wildman–Crippen LogP) is 2.40. The van der Waals surface area contributed by atoms with Crippen molar-refractivity contribution in [3.8, 4) is 5.75 Å². The molecule has 3 nitrogen and oxygen atoms in total. The Hall–Kier alpha value is -1.13. The monoisotopic (exact) mass is 239 g/mol. The number of ether oxygens (including phenoxy) is 2. The molecule has 1 fully saturated rings. The molecule has 1 aliphatic rings. The minimum Gasteiger partial charge on any atom is -0.494 e. The van der Waals surface area contributed by atoms with Gasteiger partial charge in [0, 0.05) is 7.11 Å². The summed E-state index contributed by atoms with van der Waals surface area (Å²) in [5.74, 6) is -0.146. The lowest BCUT2D eigenvalue weighted by atomic mass is 9.72. The lowest BCUT2D eigenvalue weighted by Gasteiger charge is -2.45. The van der Waals surface area contributed by atoms with Crippen LogP contribution in [0.25, 0.3) is 0 Å². The van der Waals surface area contributed by atoms with Gasteiger partial charge in [-0.15, -0.1) is 0 Å². The first-order chi connectivity index (χ1) is 8.13. The second kappa shape index (κ2) is 4.63. The molecule has 0 amide bonds. The summed E-state index contributed by atoms with van der Waals surface area (Å²) in [4.78, 5) is 0. The summed E-state index contributed by atoms with van der Waals surface area (Å²) in [5, 5.41) is 0. The van der Waals surface area contributed by atoms with Gasteiger partial charge in [0.1, 0.15) is 0 Å². The van der Waals surface area contributed by atoms with Gasteiger partial charge in [-0.1, -0.05) is 6.07 Å². The van der Waals surface area contributed by atoms with Gasteiger partial charge >= 0.3 is 0 Å². The summed E-state index contributed by atoms with van der Waals surface area (Å²) in [7, 11) is 3.11. The van der Waals surface area contributed by atoms with E-state index in [1.807, 2.05) is 0 Å². The van der Waals surface area contributed by atoms with E-state index in [1.54, 1.807) is 19.2 Å². The average molecular weight is 239 g/mol. The molecule has 1 atom stereocenters. The van der Waals surface area contributed by atoms with Crippen LogP contribution in [-0.2, 0) is 4.74 Å². The van der Waals surface area contributed by atoms with E-state index in [-0.39, 0.29) is 23.2 Å². The van der Waals surface area contributed by atoms with Gasteiger partial charge in [0.15, 0.2) is 11.6 Å². The molecule has 2 rings (SSSR count). The number of halogens is 1. The van der Waals surface area contributed by atoms with Crippen molar-refractivity contribution in [3.05, 3.63) is 29.6 Å². The van der Waals surface area contributed by atoms with E-state index < -0.39 is 0 Å². The molecule has 0 spiro atoms. The zero-order valence-corrected chi connectivity index (χ0v) is 10.2. The van der Waals surface area contributed by atoms with Gasteiger partial charge in [0.25, 0.3) is 0 Å². The lowest BCUT2D eigenvalue weighted by Crippen LogP contribution is -2.48. The molecule has 0 bridgehead atoms. The quantitative estimate of drug-likeness (QED) is 0.877. The number of nitrogens with two attached hydrogens (primary N) is 1. The molecule has 1 aromatic rings. The van der Waals surface area contributed by atoms with Gasteiger partial charge in [-0.25, -0.2) is 4.39 Å². The summed E-state index contributed by atoms with van der Waals surface area (Å²) in [5.41, 5.74) is 6.61. The molecule has 0 aromatic heterocycles. The van der Waals surface area contributed by atoms with Crippen molar-refractivity contribution >= 4 is 0 Å². The standard InChI is InChI=1S/C13H18FNO2/c1-16-11-5-4-9(8-10(11)14)12(15)13(17-2)6-3-7-13/h4-5,8,12H,3,6-7,15H2,1-2H3. The fourth-order valence-electron chi connectivity index (χ4n) is 2.35. The number of rotatable bonds is 4. The van der Waals surface area contributed by atoms with Crippen LogP contribution >= 0.6 is 0 Å². The zero-order chi connectivity index (χ0) is 12.5. The third-order valence-corrected chi connectivity index (χ3v) is 3.71. The Balaban J connectivity index is 2.25. The third-order valence-electron chi connectivity index (χ3n) is 3.71. The third kappa shape index (κ3) is 2.03. The van der Waals surface area contributed by atoms with Crippen molar-refractivity contribution in [2.45, 2.75) is 30.9 Å². The molecule has 2 N–H and O–H groups in total. The van der Waals surface area contributed by atoms with Gasteiger partial charge in [0.2, 0.25) is 0 Å². The van der Waals surface area contributed by atoms with E-state index in [1.165, 1.54) is 13.2 Å². The van der Waals surface area contributed by atoms with Crippen LogP contribution < -0.4 is 10.5 Å². The highest BCUT2D eigenvalue weighted by molar-refractivity contribution is 5.32. The van der Waals surface area contributed by atoms with Crippen molar-refractivity contribution < 1.29 is 13.9 Å². The number of methoxy groups -OCH3 is 2. The minimum atomic E-state index is -0.383. The number of hydrogen-bond donors (Lipinski definition) is 1. The number of benzene rings is 1. The lowest BCUT2D eigenvalue weighted by molar-refractivity contribution is -0.0912. The summed E-state index contributed by atoms with van der Waals surface area (Å²) >= 11 is 0. The second-order valence-corrected chi connectivity index (χ2v) is 4.49. The largest absolute Gasteiger partial charge is 0.494 e. The molecule has 1 unspecified atom stereocenters. The van der Waals surface area contributed by atoms with Crippen LogP contribution in [-0.4, -0.2) is 19.8 Å². The molecule has 94 valence electrons. The van der Waals surface area contributed by atoms with Gasteiger partial charge < -0.3 is 15.2 Å². The summed E-state index contributed by atoms with van der Waals surface area (Å²) in [6, 6.07) is 4.54. The molecule has 1 aliphatic carbocycles. The maximum Gasteiger partial charge on any atom is 0.165 e. The Labute approximate surface area is 101 Å². The van der Waals surface area contributed by atoms with Gasteiger partial charge in [-0.05, 0) is 37.0 Å². The minimum absolute atomic E-state index is 0.237. The Bertz CT molecular complexity index is 399. The molecule has 0 saturated heterocycles. The smallest absolute Gasteiger partial charge is 0.165 e. The molecule has 0 heterocycles. The van der Waals surface area contributed by atoms with Crippen molar-refractivity contribution in [2.75, 3.05) is 14.2 Å². The maximum atomic E-state index is 13.6. The van der Waals surface area contributed by atoms with E-state index in [4.69, 9.17) is 15.2 Å². The number of hydrogen-bond acceptors (Lipinski definition) is 3. The SMILES string of the molecule is COc1ccc(C(N)C2(OC)CCC2)cc1F. The predicted molar refractivity (Wildman–Crippen MR) is 63.5 cm³/mol. The molecule has 0 radical (unpaired) electrons. The van der Waals surface area contributed by atoms with Crippen molar-refractivity contribution in [1.82, 2.24) is 0 Å². The zero-order valence-electron chi connectivity index (χ0n) is 10.2. The van der Waals surface area contributed by atoms with Crippen LogP contribution in [0.5, 0.6) is 5.75 Å². The van der Waals surface area contributed by atoms with Crippen molar-refractivity contribution in [2.24, 2.45) is 5.73 Å². The maximum absolute atomic E-state index is 13.6. The van der Waals surface area contributed by atoms with Gasteiger partial charge in [0.05, 0.1) is 18.8 Å². The van der Waals surface area contributed by atoms with E-state index in [0.717, 1.165) is 24.8 Å². The Morgan fingerprint density at radius 3 is 2.47 bits per heavy atom.